The minimum Gasteiger partial charge on any atom is -0.492 e. The lowest BCUT2D eigenvalue weighted by molar-refractivity contribution is -0.0406. The van der Waals surface area contributed by atoms with Crippen molar-refractivity contribution in [2.45, 2.75) is 57.0 Å². The maximum absolute atomic E-state index is 15.7. The van der Waals surface area contributed by atoms with E-state index in [2.05, 4.69) is 26.6 Å². The Bertz CT molecular complexity index is 816. The summed E-state index contributed by atoms with van der Waals surface area (Å²) in [6, 6.07) is 1.38. The van der Waals surface area contributed by atoms with Gasteiger partial charge >= 0.3 is 0 Å². The van der Waals surface area contributed by atoms with Gasteiger partial charge in [0, 0.05) is 12.6 Å². The lowest BCUT2D eigenvalue weighted by Gasteiger charge is -2.37. The van der Waals surface area contributed by atoms with Crippen molar-refractivity contribution < 1.29 is 17.9 Å². The molecule has 3 heterocycles. The summed E-state index contributed by atoms with van der Waals surface area (Å²) in [5.74, 6) is -3.64. The quantitative estimate of drug-likeness (QED) is 0.511. The molecule has 0 aliphatic carbocycles. The molecule has 0 radical (unpaired) electrons. The SMILES string of the molecule is CNC1CC(C)NC(Nc2cc3c(c(C4=CCNCCC4)c2F)OCCC3(F)F)N1. The molecule has 3 aliphatic rings. The van der Waals surface area contributed by atoms with Crippen LogP contribution >= 0.6 is 0 Å². The number of fused-ring (bicyclic) bond motifs is 1. The van der Waals surface area contributed by atoms with Crippen LogP contribution in [0.2, 0.25) is 0 Å². The molecule has 6 nitrogen and oxygen atoms in total. The predicted molar refractivity (Wildman–Crippen MR) is 111 cm³/mol. The van der Waals surface area contributed by atoms with Gasteiger partial charge in [0.25, 0.3) is 5.92 Å². The van der Waals surface area contributed by atoms with Gasteiger partial charge in [0.15, 0.2) is 5.82 Å². The van der Waals surface area contributed by atoms with Crippen molar-refractivity contribution in [3.63, 3.8) is 0 Å². The monoisotopic (exact) mass is 425 g/mol. The zero-order valence-electron chi connectivity index (χ0n) is 17.4. The number of benzene rings is 1. The second kappa shape index (κ2) is 8.74. The lowest BCUT2D eigenvalue weighted by Crippen LogP contribution is -2.63. The van der Waals surface area contributed by atoms with Gasteiger partial charge < -0.3 is 20.7 Å². The largest absolute Gasteiger partial charge is 0.492 e. The summed E-state index contributed by atoms with van der Waals surface area (Å²) in [4.78, 5) is 0. The first kappa shape index (κ1) is 21.4. The first-order valence-corrected chi connectivity index (χ1v) is 10.6. The third kappa shape index (κ3) is 4.30. The number of anilines is 1. The van der Waals surface area contributed by atoms with E-state index < -0.39 is 24.5 Å². The van der Waals surface area contributed by atoms with E-state index in [1.807, 2.05) is 20.0 Å². The van der Waals surface area contributed by atoms with Crippen molar-refractivity contribution in [1.82, 2.24) is 21.3 Å². The van der Waals surface area contributed by atoms with Crippen LogP contribution in [0.4, 0.5) is 18.9 Å². The lowest BCUT2D eigenvalue weighted by atomic mass is 9.91. The molecule has 0 spiro atoms. The van der Waals surface area contributed by atoms with Crippen molar-refractivity contribution in [1.29, 1.82) is 0 Å². The summed E-state index contributed by atoms with van der Waals surface area (Å²) < 4.78 is 50.9. The van der Waals surface area contributed by atoms with Gasteiger partial charge in [-0.2, -0.15) is 0 Å². The second-order valence-electron chi connectivity index (χ2n) is 8.22. The minimum absolute atomic E-state index is 0.0199. The Morgan fingerprint density at radius 2 is 2.10 bits per heavy atom. The maximum atomic E-state index is 15.7. The third-order valence-electron chi connectivity index (χ3n) is 5.94. The Balaban J connectivity index is 1.75. The summed E-state index contributed by atoms with van der Waals surface area (Å²) in [5, 5.41) is 16.0. The molecule has 3 aliphatic heterocycles. The Labute approximate surface area is 175 Å². The second-order valence-corrected chi connectivity index (χ2v) is 8.22. The molecule has 1 aromatic carbocycles. The number of rotatable bonds is 4. The standard InChI is InChI=1S/C21H30F3N5O/c1-12-10-16(25-2)29-20(27-12)28-15-11-14-19(30-9-6-21(14,23)24)17(18(15)22)13-4-3-7-26-8-5-13/h5,11-12,16,20,25-29H,3-4,6-10H2,1-2H3. The van der Waals surface area contributed by atoms with Crippen molar-refractivity contribution >= 4 is 11.3 Å². The average Bonchev–Trinajstić information content (AvgIpc) is 2.98. The fraction of sp³-hybridized carbons (Fsp3) is 0.619. The van der Waals surface area contributed by atoms with E-state index in [0.717, 1.165) is 19.4 Å². The fourth-order valence-corrected chi connectivity index (χ4v) is 4.37. The van der Waals surface area contributed by atoms with Crippen molar-refractivity contribution in [2.24, 2.45) is 0 Å². The van der Waals surface area contributed by atoms with Crippen LogP contribution in [0.15, 0.2) is 12.1 Å². The molecule has 4 rings (SSSR count). The topological polar surface area (TPSA) is 69.4 Å². The van der Waals surface area contributed by atoms with E-state index in [0.29, 0.717) is 18.5 Å². The molecular weight excluding hydrogens is 395 g/mol. The van der Waals surface area contributed by atoms with Gasteiger partial charge in [0.05, 0.1) is 36.0 Å². The number of halogens is 3. The molecule has 0 amide bonds. The van der Waals surface area contributed by atoms with Gasteiger partial charge in [-0.05, 0) is 51.4 Å². The molecule has 9 heteroatoms. The van der Waals surface area contributed by atoms with Crippen molar-refractivity contribution in [3.8, 4) is 5.75 Å². The average molecular weight is 425 g/mol. The Morgan fingerprint density at radius 3 is 2.90 bits per heavy atom. The highest BCUT2D eigenvalue weighted by Gasteiger charge is 2.41. The molecule has 1 saturated heterocycles. The molecule has 3 unspecified atom stereocenters. The molecule has 0 bridgehead atoms. The van der Waals surface area contributed by atoms with Crippen molar-refractivity contribution in [3.05, 3.63) is 29.1 Å². The van der Waals surface area contributed by atoms with Gasteiger partial charge in [0.2, 0.25) is 0 Å². The fourth-order valence-electron chi connectivity index (χ4n) is 4.37. The molecule has 0 saturated carbocycles. The van der Waals surface area contributed by atoms with Crippen LogP contribution in [0.3, 0.4) is 0 Å². The zero-order chi connectivity index (χ0) is 21.3. The van der Waals surface area contributed by atoms with E-state index >= 15 is 4.39 Å². The highest BCUT2D eigenvalue weighted by molar-refractivity contribution is 5.77. The number of nitrogens with one attached hydrogen (secondary N) is 5. The molecule has 30 heavy (non-hydrogen) atoms. The number of ether oxygens (including phenoxy) is 1. The first-order chi connectivity index (χ1) is 14.4. The highest BCUT2D eigenvalue weighted by Crippen LogP contribution is 2.48. The van der Waals surface area contributed by atoms with Crippen LogP contribution in [0.25, 0.3) is 5.57 Å². The summed E-state index contributed by atoms with van der Waals surface area (Å²) in [6.07, 6.45) is 3.28. The van der Waals surface area contributed by atoms with Crippen LogP contribution in [0, 0.1) is 5.82 Å². The van der Waals surface area contributed by atoms with E-state index in [4.69, 9.17) is 4.74 Å². The van der Waals surface area contributed by atoms with E-state index in [1.165, 1.54) is 6.07 Å². The smallest absolute Gasteiger partial charge is 0.280 e. The van der Waals surface area contributed by atoms with Gasteiger partial charge in [0.1, 0.15) is 12.0 Å². The molecule has 0 aromatic heterocycles. The Hall–Kier alpha value is -1.81. The molecule has 3 atom stereocenters. The van der Waals surface area contributed by atoms with Gasteiger partial charge in [-0.15, -0.1) is 0 Å². The summed E-state index contributed by atoms with van der Waals surface area (Å²) in [7, 11) is 1.84. The molecule has 1 fully saturated rings. The number of allylic oxidation sites excluding steroid dienone is 1. The Morgan fingerprint density at radius 1 is 1.27 bits per heavy atom. The van der Waals surface area contributed by atoms with E-state index in [1.54, 1.807) is 0 Å². The summed E-state index contributed by atoms with van der Waals surface area (Å²) in [5.41, 5.74) is 0.661. The summed E-state index contributed by atoms with van der Waals surface area (Å²) in [6.45, 7) is 3.28. The van der Waals surface area contributed by atoms with Crippen LogP contribution in [-0.2, 0) is 5.92 Å². The van der Waals surface area contributed by atoms with Gasteiger partial charge in [-0.3, -0.25) is 10.6 Å². The third-order valence-corrected chi connectivity index (χ3v) is 5.94. The first-order valence-electron chi connectivity index (χ1n) is 10.6. The zero-order valence-corrected chi connectivity index (χ0v) is 17.4. The predicted octanol–water partition coefficient (Wildman–Crippen LogP) is 2.68. The van der Waals surface area contributed by atoms with Crippen molar-refractivity contribution in [2.75, 3.05) is 32.1 Å². The van der Waals surface area contributed by atoms with Crippen LogP contribution in [-0.4, -0.2) is 45.2 Å². The number of alkyl halides is 2. The molecular formula is C21H30F3N5O. The minimum atomic E-state index is -3.07. The molecule has 1 aromatic rings. The van der Waals surface area contributed by atoms with Crippen LogP contribution in [0.5, 0.6) is 5.75 Å². The molecule has 166 valence electrons. The highest BCUT2D eigenvalue weighted by atomic mass is 19.3. The number of hydrogen-bond acceptors (Lipinski definition) is 6. The summed E-state index contributed by atoms with van der Waals surface area (Å²) >= 11 is 0. The maximum Gasteiger partial charge on any atom is 0.280 e. The van der Waals surface area contributed by atoms with Gasteiger partial charge in [-0.1, -0.05) is 6.08 Å². The van der Waals surface area contributed by atoms with E-state index in [9.17, 15) is 8.78 Å². The Kier molecular flexibility index (Phi) is 6.24. The van der Waals surface area contributed by atoms with E-state index in [-0.39, 0.29) is 41.4 Å². The van der Waals surface area contributed by atoms with Crippen LogP contribution in [0.1, 0.15) is 43.7 Å². The molecule has 5 N–H and O–H groups in total. The number of hydrogen-bond donors (Lipinski definition) is 5. The van der Waals surface area contributed by atoms with Gasteiger partial charge in [-0.25, -0.2) is 13.2 Å². The van der Waals surface area contributed by atoms with Crippen LogP contribution < -0.4 is 31.3 Å². The normalized spacial score (nSPS) is 28.7.